The third-order valence-corrected chi connectivity index (χ3v) is 4.65. The highest BCUT2D eigenvalue weighted by molar-refractivity contribution is 14.0. The summed E-state index contributed by atoms with van der Waals surface area (Å²) in [6.45, 7) is 6.69. The molecule has 2 aromatic rings. The van der Waals surface area contributed by atoms with Crippen molar-refractivity contribution in [1.82, 2.24) is 19.8 Å². The van der Waals surface area contributed by atoms with Crippen molar-refractivity contribution in [3.8, 4) is 0 Å². The normalized spacial score (nSPS) is 11.2. The topological polar surface area (TPSA) is 45.5 Å². The molecule has 0 aromatic carbocycles. The van der Waals surface area contributed by atoms with Crippen LogP contribution in [0.4, 0.5) is 0 Å². The van der Waals surface area contributed by atoms with Crippen molar-refractivity contribution in [2.45, 2.75) is 33.2 Å². The molecule has 0 saturated carbocycles. The number of aromatic nitrogens is 2. The summed E-state index contributed by atoms with van der Waals surface area (Å²) in [7, 11) is 4.15. The Morgan fingerprint density at radius 2 is 2.25 bits per heavy atom. The number of halogens is 1. The average Bonchev–Trinajstić information content (AvgIpc) is 3.11. The molecule has 0 unspecified atom stereocenters. The minimum atomic E-state index is 0. The fourth-order valence-corrected chi connectivity index (χ4v) is 3.20. The number of aryl methyl sites for hydroxylation is 3. The molecule has 0 radical (unpaired) electrons. The van der Waals surface area contributed by atoms with Crippen molar-refractivity contribution in [3.63, 3.8) is 0 Å². The molecule has 2 heterocycles. The fraction of sp³-hybridized carbons (Fsp3) is 0.529. The van der Waals surface area contributed by atoms with Crippen LogP contribution in [0, 0.1) is 6.92 Å². The van der Waals surface area contributed by atoms with E-state index in [0.29, 0.717) is 0 Å². The van der Waals surface area contributed by atoms with Crippen LogP contribution < -0.4 is 5.32 Å². The van der Waals surface area contributed by atoms with Gasteiger partial charge in [0.25, 0.3) is 0 Å². The Morgan fingerprint density at radius 1 is 1.46 bits per heavy atom. The first-order valence-electron chi connectivity index (χ1n) is 8.10. The Bertz CT molecular complexity index is 634. The molecule has 1 N–H and O–H groups in total. The van der Waals surface area contributed by atoms with Gasteiger partial charge in [-0.2, -0.15) is 0 Å². The van der Waals surface area contributed by atoms with Gasteiger partial charge in [-0.05, 0) is 32.4 Å². The average molecular weight is 461 g/mol. The maximum Gasteiger partial charge on any atom is 0.194 e. The molecule has 5 nitrogen and oxygen atoms in total. The van der Waals surface area contributed by atoms with Gasteiger partial charge in [0.05, 0.1) is 11.6 Å². The summed E-state index contributed by atoms with van der Waals surface area (Å²) in [4.78, 5) is 11.4. The van der Waals surface area contributed by atoms with Crippen molar-refractivity contribution in [3.05, 3.63) is 40.1 Å². The molecule has 2 aromatic heterocycles. The summed E-state index contributed by atoms with van der Waals surface area (Å²) >= 11 is 1.74. The van der Waals surface area contributed by atoms with Gasteiger partial charge in [-0.25, -0.2) is 4.98 Å². The summed E-state index contributed by atoms with van der Waals surface area (Å²) in [5.74, 6) is 0.962. The molecular weight excluding hydrogens is 433 g/mol. The lowest BCUT2D eigenvalue weighted by Crippen LogP contribution is -2.38. The molecule has 7 heteroatoms. The lowest BCUT2D eigenvalue weighted by atomic mass is 10.3. The molecule has 0 aliphatic carbocycles. The van der Waals surface area contributed by atoms with Gasteiger partial charge in [0.1, 0.15) is 0 Å². The highest BCUT2D eigenvalue weighted by Crippen LogP contribution is 2.11. The van der Waals surface area contributed by atoms with Crippen LogP contribution in [0.25, 0.3) is 0 Å². The summed E-state index contributed by atoms with van der Waals surface area (Å²) in [5, 5.41) is 6.69. The molecule has 0 bridgehead atoms. The molecule has 0 fully saturated rings. The molecule has 0 spiro atoms. The Morgan fingerprint density at radius 3 is 2.83 bits per heavy atom. The van der Waals surface area contributed by atoms with Crippen LogP contribution in [0.5, 0.6) is 0 Å². The molecule has 0 saturated heterocycles. The summed E-state index contributed by atoms with van der Waals surface area (Å²) in [6.07, 6.45) is 4.10. The maximum atomic E-state index is 4.74. The third kappa shape index (κ3) is 6.43. The monoisotopic (exact) mass is 461 g/mol. The van der Waals surface area contributed by atoms with E-state index in [4.69, 9.17) is 4.99 Å². The minimum Gasteiger partial charge on any atom is -0.357 e. The largest absolute Gasteiger partial charge is 0.357 e. The second-order valence-corrected chi connectivity index (χ2v) is 6.63. The Labute approximate surface area is 166 Å². The first kappa shape index (κ1) is 21.0. The molecular formula is C17H28IN5S. The Kier molecular flexibility index (Phi) is 9.35. The predicted molar refractivity (Wildman–Crippen MR) is 113 cm³/mol. The standard InChI is InChI=1S/C17H27N5S.HI/c1-5-18-17(22(4)12-15-8-7-11-21(15)3)19-10-6-9-16-20-14(2)13-23-16;/h7-8,11,13H,5-6,9-10,12H2,1-4H3,(H,18,19);1H. The van der Waals surface area contributed by atoms with E-state index in [2.05, 4.69) is 64.5 Å². The zero-order valence-corrected chi connectivity index (χ0v) is 18.1. The molecule has 0 amide bonds. The lowest BCUT2D eigenvalue weighted by Gasteiger charge is -2.22. The lowest BCUT2D eigenvalue weighted by molar-refractivity contribution is 0.461. The second kappa shape index (κ2) is 10.7. The van der Waals surface area contributed by atoms with Crippen molar-refractivity contribution in [1.29, 1.82) is 0 Å². The zero-order chi connectivity index (χ0) is 16.7. The van der Waals surface area contributed by atoms with E-state index >= 15 is 0 Å². The van der Waals surface area contributed by atoms with Crippen molar-refractivity contribution < 1.29 is 0 Å². The summed E-state index contributed by atoms with van der Waals surface area (Å²) in [6, 6.07) is 4.22. The van der Waals surface area contributed by atoms with Crippen LogP contribution in [-0.2, 0) is 20.0 Å². The van der Waals surface area contributed by atoms with E-state index < -0.39 is 0 Å². The number of hydrogen-bond donors (Lipinski definition) is 1. The molecule has 24 heavy (non-hydrogen) atoms. The maximum absolute atomic E-state index is 4.74. The Balaban J connectivity index is 0.00000288. The number of nitrogens with zero attached hydrogens (tertiary/aromatic N) is 4. The fourth-order valence-electron chi connectivity index (χ4n) is 2.38. The van der Waals surface area contributed by atoms with Gasteiger partial charge in [0, 0.05) is 56.6 Å². The zero-order valence-electron chi connectivity index (χ0n) is 15.0. The van der Waals surface area contributed by atoms with Gasteiger partial charge >= 0.3 is 0 Å². The van der Waals surface area contributed by atoms with Crippen LogP contribution in [0.2, 0.25) is 0 Å². The second-order valence-electron chi connectivity index (χ2n) is 5.69. The first-order valence-corrected chi connectivity index (χ1v) is 8.98. The highest BCUT2D eigenvalue weighted by atomic mass is 127. The molecule has 2 rings (SSSR count). The SMILES string of the molecule is CCNC(=NCCCc1nc(C)cs1)N(C)Cc1cccn1C.I. The van der Waals surface area contributed by atoms with E-state index in [1.54, 1.807) is 11.3 Å². The summed E-state index contributed by atoms with van der Waals surface area (Å²) in [5.41, 5.74) is 2.39. The van der Waals surface area contributed by atoms with E-state index in [0.717, 1.165) is 44.1 Å². The number of thiazole rings is 1. The first-order chi connectivity index (χ1) is 11.1. The van der Waals surface area contributed by atoms with Gasteiger partial charge in [-0.15, -0.1) is 35.3 Å². The number of guanidine groups is 1. The van der Waals surface area contributed by atoms with Gasteiger partial charge in [0.2, 0.25) is 0 Å². The smallest absolute Gasteiger partial charge is 0.194 e. The van der Waals surface area contributed by atoms with Crippen LogP contribution in [0.1, 0.15) is 29.7 Å². The highest BCUT2D eigenvalue weighted by Gasteiger charge is 2.08. The van der Waals surface area contributed by atoms with Crippen LogP contribution >= 0.6 is 35.3 Å². The van der Waals surface area contributed by atoms with Crippen molar-refractivity contribution >= 4 is 41.3 Å². The van der Waals surface area contributed by atoms with Crippen LogP contribution in [0.15, 0.2) is 28.7 Å². The van der Waals surface area contributed by atoms with Crippen LogP contribution in [-0.4, -0.2) is 40.5 Å². The predicted octanol–water partition coefficient (Wildman–Crippen LogP) is 3.44. The summed E-state index contributed by atoms with van der Waals surface area (Å²) < 4.78 is 2.14. The van der Waals surface area contributed by atoms with Gasteiger partial charge in [0.15, 0.2) is 5.96 Å². The van der Waals surface area contributed by atoms with Crippen LogP contribution in [0.3, 0.4) is 0 Å². The van der Waals surface area contributed by atoms with Crippen molar-refractivity contribution in [2.75, 3.05) is 20.1 Å². The van der Waals surface area contributed by atoms with Gasteiger partial charge in [-0.1, -0.05) is 0 Å². The Hall–Kier alpha value is -1.09. The van der Waals surface area contributed by atoms with Gasteiger partial charge in [-0.3, -0.25) is 4.99 Å². The number of rotatable bonds is 7. The van der Waals surface area contributed by atoms with Gasteiger partial charge < -0.3 is 14.8 Å². The van der Waals surface area contributed by atoms with Crippen molar-refractivity contribution in [2.24, 2.45) is 12.0 Å². The molecule has 134 valence electrons. The van der Waals surface area contributed by atoms with E-state index in [9.17, 15) is 0 Å². The van der Waals surface area contributed by atoms with E-state index in [1.165, 1.54) is 10.7 Å². The molecule has 0 aliphatic rings. The van der Waals surface area contributed by atoms with E-state index in [1.807, 2.05) is 6.92 Å². The number of nitrogens with one attached hydrogen (secondary N) is 1. The minimum absolute atomic E-state index is 0. The van der Waals surface area contributed by atoms with E-state index in [-0.39, 0.29) is 24.0 Å². The number of aliphatic imine (C=N–C) groups is 1. The molecule has 0 atom stereocenters. The molecule has 0 aliphatic heterocycles. The quantitative estimate of drug-likeness (QED) is 0.298. The number of hydrogen-bond acceptors (Lipinski definition) is 3. The third-order valence-electron chi connectivity index (χ3n) is 3.62.